The molecule has 1 amide bonds. The van der Waals surface area contributed by atoms with E-state index in [0.29, 0.717) is 18.4 Å². The molecule has 1 aliphatic carbocycles. The molecular weight excluding hydrogens is 288 g/mol. The largest absolute Gasteiger partial charge is 0.399 e. The standard InChI is InChI=1S/C16H22N2O2.ClH/c17-14-3-1-12(2-4-14)9-16(19)18(15-5-6-15)10-13-7-8-20-11-13;/h1-4,13,15H,5-11,17H2;1H. The number of ether oxygens (including phenoxy) is 1. The minimum Gasteiger partial charge on any atom is -0.399 e. The minimum atomic E-state index is 0. The Kier molecular flexibility index (Phi) is 5.48. The van der Waals surface area contributed by atoms with Crippen LogP contribution < -0.4 is 5.73 Å². The summed E-state index contributed by atoms with van der Waals surface area (Å²) in [4.78, 5) is 14.6. The van der Waals surface area contributed by atoms with Crippen molar-refractivity contribution in [3.05, 3.63) is 29.8 Å². The van der Waals surface area contributed by atoms with E-state index in [2.05, 4.69) is 4.90 Å². The van der Waals surface area contributed by atoms with Gasteiger partial charge in [0.1, 0.15) is 0 Å². The number of nitrogen functional groups attached to an aromatic ring is 1. The number of carbonyl (C=O) groups excluding carboxylic acids is 1. The summed E-state index contributed by atoms with van der Waals surface area (Å²) in [5.41, 5.74) is 7.45. The third-order valence-electron chi connectivity index (χ3n) is 4.12. The lowest BCUT2D eigenvalue weighted by molar-refractivity contribution is -0.131. The number of hydrogen-bond acceptors (Lipinski definition) is 3. The lowest BCUT2D eigenvalue weighted by atomic mass is 10.1. The van der Waals surface area contributed by atoms with Gasteiger partial charge in [-0.05, 0) is 37.0 Å². The molecule has 1 atom stereocenters. The Morgan fingerprint density at radius 3 is 2.52 bits per heavy atom. The maximum Gasteiger partial charge on any atom is 0.227 e. The SMILES string of the molecule is Cl.Nc1ccc(CC(=O)N(CC2CCOC2)C2CC2)cc1. The van der Waals surface area contributed by atoms with Crippen LogP contribution in [0.3, 0.4) is 0 Å². The Hall–Kier alpha value is -1.26. The summed E-state index contributed by atoms with van der Waals surface area (Å²) in [6.45, 7) is 2.51. The van der Waals surface area contributed by atoms with Gasteiger partial charge >= 0.3 is 0 Å². The molecule has 0 bridgehead atoms. The molecule has 1 aromatic rings. The topological polar surface area (TPSA) is 55.6 Å². The van der Waals surface area contributed by atoms with Crippen molar-refractivity contribution in [1.82, 2.24) is 4.90 Å². The van der Waals surface area contributed by atoms with Gasteiger partial charge in [0.05, 0.1) is 13.0 Å². The minimum absolute atomic E-state index is 0. The van der Waals surface area contributed by atoms with Gasteiger partial charge in [-0.25, -0.2) is 0 Å². The number of nitrogens with two attached hydrogens (primary N) is 1. The molecule has 116 valence electrons. The van der Waals surface area contributed by atoms with Gasteiger partial charge < -0.3 is 15.4 Å². The molecule has 1 unspecified atom stereocenters. The first kappa shape index (κ1) is 16.1. The van der Waals surface area contributed by atoms with E-state index < -0.39 is 0 Å². The van der Waals surface area contributed by atoms with Crippen LogP contribution in [0, 0.1) is 5.92 Å². The lowest BCUT2D eigenvalue weighted by Crippen LogP contribution is -2.38. The highest BCUT2D eigenvalue weighted by Gasteiger charge is 2.34. The average Bonchev–Trinajstić information content (AvgIpc) is 3.15. The molecule has 1 aliphatic heterocycles. The number of hydrogen-bond donors (Lipinski definition) is 1. The fourth-order valence-electron chi connectivity index (χ4n) is 2.76. The van der Waals surface area contributed by atoms with Crippen LogP contribution in [0.5, 0.6) is 0 Å². The summed E-state index contributed by atoms with van der Waals surface area (Å²) in [7, 11) is 0. The van der Waals surface area contributed by atoms with Crippen molar-refractivity contribution in [2.45, 2.75) is 31.7 Å². The Balaban J connectivity index is 0.00000161. The van der Waals surface area contributed by atoms with Gasteiger partial charge in [-0.2, -0.15) is 0 Å². The van der Waals surface area contributed by atoms with Crippen LogP contribution >= 0.6 is 12.4 Å². The molecule has 1 heterocycles. The second-order valence-electron chi connectivity index (χ2n) is 5.93. The molecule has 5 heteroatoms. The van der Waals surface area contributed by atoms with Gasteiger partial charge in [-0.1, -0.05) is 12.1 Å². The van der Waals surface area contributed by atoms with Gasteiger partial charge in [0.2, 0.25) is 5.91 Å². The smallest absolute Gasteiger partial charge is 0.227 e. The predicted molar refractivity (Wildman–Crippen MR) is 85.5 cm³/mol. The van der Waals surface area contributed by atoms with E-state index in [0.717, 1.165) is 50.3 Å². The van der Waals surface area contributed by atoms with Crippen molar-refractivity contribution in [2.24, 2.45) is 5.92 Å². The molecule has 2 fully saturated rings. The number of benzene rings is 1. The summed E-state index contributed by atoms with van der Waals surface area (Å²) in [6.07, 6.45) is 3.87. The maximum atomic E-state index is 12.5. The van der Waals surface area contributed by atoms with Crippen molar-refractivity contribution >= 4 is 24.0 Å². The Morgan fingerprint density at radius 1 is 1.24 bits per heavy atom. The van der Waals surface area contributed by atoms with Gasteiger partial charge in [-0.3, -0.25) is 4.79 Å². The highest BCUT2D eigenvalue weighted by molar-refractivity contribution is 5.85. The van der Waals surface area contributed by atoms with Gasteiger partial charge in [0, 0.05) is 30.8 Å². The van der Waals surface area contributed by atoms with Crippen LogP contribution in [-0.4, -0.2) is 36.6 Å². The summed E-state index contributed by atoms with van der Waals surface area (Å²) in [5.74, 6) is 0.759. The van der Waals surface area contributed by atoms with E-state index >= 15 is 0 Å². The zero-order valence-corrected chi connectivity index (χ0v) is 13.0. The molecular formula is C16H23ClN2O2. The number of anilines is 1. The number of carbonyl (C=O) groups is 1. The first-order chi connectivity index (χ1) is 9.72. The van der Waals surface area contributed by atoms with Crippen LogP contribution in [0.25, 0.3) is 0 Å². The summed E-state index contributed by atoms with van der Waals surface area (Å²) < 4.78 is 5.42. The van der Waals surface area contributed by atoms with Gasteiger partial charge in [-0.15, -0.1) is 12.4 Å². The predicted octanol–water partition coefficient (Wildman–Crippen LogP) is 2.26. The zero-order chi connectivity index (χ0) is 13.9. The van der Waals surface area contributed by atoms with E-state index in [1.165, 1.54) is 0 Å². The van der Waals surface area contributed by atoms with Gasteiger partial charge in [0.25, 0.3) is 0 Å². The first-order valence-electron chi connectivity index (χ1n) is 7.44. The Morgan fingerprint density at radius 2 is 1.95 bits per heavy atom. The van der Waals surface area contributed by atoms with Crippen LogP contribution in [0.1, 0.15) is 24.8 Å². The van der Waals surface area contributed by atoms with E-state index in [-0.39, 0.29) is 18.3 Å². The first-order valence-corrected chi connectivity index (χ1v) is 7.44. The average molecular weight is 311 g/mol. The third kappa shape index (κ3) is 4.35. The van der Waals surface area contributed by atoms with Crippen molar-refractivity contribution < 1.29 is 9.53 Å². The lowest BCUT2D eigenvalue weighted by Gasteiger charge is -2.25. The summed E-state index contributed by atoms with van der Waals surface area (Å²) in [6, 6.07) is 8.06. The second kappa shape index (κ2) is 7.14. The highest BCUT2D eigenvalue weighted by Crippen LogP contribution is 2.29. The fraction of sp³-hybridized carbons (Fsp3) is 0.562. The van der Waals surface area contributed by atoms with Crippen LogP contribution in [0.2, 0.25) is 0 Å². The fourth-order valence-corrected chi connectivity index (χ4v) is 2.76. The van der Waals surface area contributed by atoms with E-state index in [1.807, 2.05) is 24.3 Å². The van der Waals surface area contributed by atoms with Gasteiger partial charge in [0.15, 0.2) is 0 Å². The highest BCUT2D eigenvalue weighted by atomic mass is 35.5. The molecule has 1 saturated carbocycles. The molecule has 0 radical (unpaired) electrons. The summed E-state index contributed by atoms with van der Waals surface area (Å²) in [5, 5.41) is 0. The molecule has 2 aliphatic rings. The molecule has 2 N–H and O–H groups in total. The number of amides is 1. The number of nitrogens with zero attached hydrogens (tertiary/aromatic N) is 1. The van der Waals surface area contributed by atoms with E-state index in [9.17, 15) is 4.79 Å². The normalized spacial score (nSPS) is 20.9. The molecule has 4 nitrogen and oxygen atoms in total. The summed E-state index contributed by atoms with van der Waals surface area (Å²) >= 11 is 0. The zero-order valence-electron chi connectivity index (χ0n) is 12.2. The molecule has 21 heavy (non-hydrogen) atoms. The molecule has 0 spiro atoms. The molecule has 1 saturated heterocycles. The quantitative estimate of drug-likeness (QED) is 0.849. The maximum absolute atomic E-state index is 12.5. The Bertz CT molecular complexity index is 468. The molecule has 1 aromatic carbocycles. The van der Waals surface area contributed by atoms with E-state index in [4.69, 9.17) is 10.5 Å². The second-order valence-corrected chi connectivity index (χ2v) is 5.93. The van der Waals surface area contributed by atoms with E-state index in [1.54, 1.807) is 0 Å². The van der Waals surface area contributed by atoms with Crippen LogP contribution in [-0.2, 0) is 16.0 Å². The van der Waals surface area contributed by atoms with Crippen LogP contribution in [0.4, 0.5) is 5.69 Å². The molecule has 0 aromatic heterocycles. The Labute approximate surface area is 132 Å². The van der Waals surface area contributed by atoms with Crippen molar-refractivity contribution in [2.75, 3.05) is 25.5 Å². The third-order valence-corrected chi connectivity index (χ3v) is 4.12. The van der Waals surface area contributed by atoms with Crippen LogP contribution in [0.15, 0.2) is 24.3 Å². The monoisotopic (exact) mass is 310 g/mol. The molecule has 3 rings (SSSR count). The van der Waals surface area contributed by atoms with Crippen molar-refractivity contribution in [1.29, 1.82) is 0 Å². The number of halogens is 1. The van der Waals surface area contributed by atoms with Crippen molar-refractivity contribution in [3.8, 4) is 0 Å². The van der Waals surface area contributed by atoms with Crippen molar-refractivity contribution in [3.63, 3.8) is 0 Å². The number of rotatable bonds is 5.